The summed E-state index contributed by atoms with van der Waals surface area (Å²) in [4.78, 5) is 26.0. The lowest BCUT2D eigenvalue weighted by Crippen LogP contribution is -2.50. The topological polar surface area (TPSA) is 58.6 Å². The number of alkyl halides is 1. The van der Waals surface area contributed by atoms with Crippen molar-refractivity contribution in [1.82, 2.24) is 10.2 Å². The van der Waals surface area contributed by atoms with Gasteiger partial charge in [-0.3, -0.25) is 9.59 Å². The Hall–Kier alpha value is -1.59. The smallest absolute Gasteiger partial charge is 0.245 e. The molecule has 5 nitrogen and oxygen atoms in total. The van der Waals surface area contributed by atoms with Gasteiger partial charge in [-0.25, -0.2) is 0 Å². The van der Waals surface area contributed by atoms with Crippen molar-refractivity contribution in [3.63, 3.8) is 0 Å². The number of hydrogen-bond acceptors (Lipinski definition) is 3. The molecule has 6 heteroatoms. The molecule has 0 saturated carbocycles. The Bertz CT molecular complexity index is 489. The van der Waals surface area contributed by atoms with Crippen molar-refractivity contribution in [2.45, 2.75) is 18.3 Å². The first-order valence-electron chi connectivity index (χ1n) is 6.95. The van der Waals surface area contributed by atoms with Crippen LogP contribution >= 0.6 is 11.6 Å². The summed E-state index contributed by atoms with van der Waals surface area (Å²) in [5.74, 6) is -0.472. The summed E-state index contributed by atoms with van der Waals surface area (Å²) in [6.45, 7) is 3.86. The van der Waals surface area contributed by atoms with E-state index in [2.05, 4.69) is 5.32 Å². The van der Waals surface area contributed by atoms with Crippen molar-refractivity contribution in [2.24, 2.45) is 0 Å². The Kier molecular flexibility index (Phi) is 5.59. The average molecular weight is 311 g/mol. The number of benzene rings is 1. The highest BCUT2D eigenvalue weighted by atomic mass is 35.5. The second-order valence-corrected chi connectivity index (χ2v) is 5.38. The molecular formula is C15H19ClN2O3. The van der Waals surface area contributed by atoms with E-state index in [0.717, 1.165) is 0 Å². The fourth-order valence-corrected chi connectivity index (χ4v) is 2.39. The van der Waals surface area contributed by atoms with Crippen LogP contribution in [0.4, 0.5) is 0 Å². The third-order valence-corrected chi connectivity index (χ3v) is 3.82. The molecule has 0 radical (unpaired) electrons. The summed E-state index contributed by atoms with van der Waals surface area (Å²) in [5, 5.41) is 1.87. The molecule has 2 unspecified atom stereocenters. The van der Waals surface area contributed by atoms with Gasteiger partial charge in [0.25, 0.3) is 0 Å². The molecule has 0 spiro atoms. The zero-order valence-corrected chi connectivity index (χ0v) is 12.7. The van der Waals surface area contributed by atoms with Gasteiger partial charge in [-0.15, -0.1) is 11.6 Å². The number of nitrogens with one attached hydrogen (secondary N) is 1. The number of halogens is 1. The Morgan fingerprint density at radius 1 is 1.24 bits per heavy atom. The van der Waals surface area contributed by atoms with Crippen molar-refractivity contribution in [3.8, 4) is 0 Å². The van der Waals surface area contributed by atoms with Crippen molar-refractivity contribution in [3.05, 3.63) is 35.9 Å². The van der Waals surface area contributed by atoms with E-state index < -0.39 is 11.4 Å². The minimum atomic E-state index is -0.800. The predicted octanol–water partition coefficient (Wildman–Crippen LogP) is 1.33. The first-order valence-corrected chi connectivity index (χ1v) is 7.39. The number of amides is 2. The normalized spacial score (nSPS) is 17.9. The summed E-state index contributed by atoms with van der Waals surface area (Å²) in [5.41, 5.74) is 0.711. The highest BCUT2D eigenvalue weighted by Crippen LogP contribution is 2.20. The summed E-state index contributed by atoms with van der Waals surface area (Å²) < 4.78 is 5.20. The van der Waals surface area contributed by atoms with Crippen LogP contribution < -0.4 is 5.32 Å². The van der Waals surface area contributed by atoms with E-state index in [1.807, 2.05) is 18.2 Å². The monoisotopic (exact) mass is 310 g/mol. The second-order valence-electron chi connectivity index (χ2n) is 4.94. The third-order valence-electron chi connectivity index (χ3n) is 3.37. The van der Waals surface area contributed by atoms with Crippen LogP contribution in [0.1, 0.15) is 17.9 Å². The maximum atomic E-state index is 12.2. The van der Waals surface area contributed by atoms with Crippen molar-refractivity contribution < 1.29 is 14.3 Å². The number of rotatable bonds is 4. The van der Waals surface area contributed by atoms with Crippen LogP contribution in [0.5, 0.6) is 0 Å². The standard InChI is InChI=1S/C15H19ClN2O3/c1-11(15(20)18-7-9-21-10-8-18)17-14(19)13(16)12-5-3-2-4-6-12/h2-6,11,13H,7-10H2,1H3,(H,17,19). The first-order chi connectivity index (χ1) is 10.1. The number of ether oxygens (including phenoxy) is 1. The van der Waals surface area contributed by atoms with Gasteiger partial charge in [0, 0.05) is 13.1 Å². The van der Waals surface area contributed by atoms with Crippen molar-refractivity contribution >= 4 is 23.4 Å². The number of nitrogens with zero attached hydrogens (tertiary/aromatic N) is 1. The van der Waals surface area contributed by atoms with Gasteiger partial charge < -0.3 is 15.0 Å². The van der Waals surface area contributed by atoms with E-state index in [1.165, 1.54) is 0 Å². The van der Waals surface area contributed by atoms with Crippen LogP contribution in [0.15, 0.2) is 30.3 Å². The van der Waals surface area contributed by atoms with Gasteiger partial charge in [0.05, 0.1) is 13.2 Å². The van der Waals surface area contributed by atoms with Gasteiger partial charge >= 0.3 is 0 Å². The Labute approximate surface area is 129 Å². The zero-order valence-electron chi connectivity index (χ0n) is 11.9. The van der Waals surface area contributed by atoms with Crippen molar-refractivity contribution in [1.29, 1.82) is 0 Å². The molecule has 1 aliphatic rings. The molecule has 1 saturated heterocycles. The van der Waals surface area contributed by atoms with Crippen LogP contribution in [0.2, 0.25) is 0 Å². The molecular weight excluding hydrogens is 292 g/mol. The number of hydrogen-bond donors (Lipinski definition) is 1. The van der Waals surface area contributed by atoms with E-state index in [0.29, 0.717) is 31.9 Å². The molecule has 1 N–H and O–H groups in total. The molecule has 0 aliphatic carbocycles. The van der Waals surface area contributed by atoms with Crippen LogP contribution in [0, 0.1) is 0 Å². The van der Waals surface area contributed by atoms with Gasteiger partial charge in [0.1, 0.15) is 11.4 Å². The minimum absolute atomic E-state index is 0.108. The lowest BCUT2D eigenvalue weighted by atomic mass is 10.1. The van der Waals surface area contributed by atoms with Gasteiger partial charge in [0.15, 0.2) is 0 Å². The molecule has 1 heterocycles. The lowest BCUT2D eigenvalue weighted by molar-refractivity contribution is -0.139. The summed E-state index contributed by atoms with van der Waals surface area (Å²) >= 11 is 6.13. The van der Waals surface area contributed by atoms with Gasteiger partial charge in [-0.05, 0) is 12.5 Å². The predicted molar refractivity (Wildman–Crippen MR) is 80.0 cm³/mol. The molecule has 1 aliphatic heterocycles. The van der Waals surface area contributed by atoms with Crippen LogP contribution in [0.25, 0.3) is 0 Å². The van der Waals surface area contributed by atoms with E-state index in [4.69, 9.17) is 16.3 Å². The molecule has 2 rings (SSSR count). The quantitative estimate of drug-likeness (QED) is 0.854. The number of carbonyl (C=O) groups excluding carboxylic acids is 2. The Morgan fingerprint density at radius 3 is 2.48 bits per heavy atom. The summed E-state index contributed by atoms with van der Waals surface area (Å²) in [6.07, 6.45) is 0. The summed E-state index contributed by atoms with van der Waals surface area (Å²) in [7, 11) is 0. The Balaban J connectivity index is 1.90. The molecule has 1 aromatic rings. The van der Waals surface area contributed by atoms with Gasteiger partial charge in [-0.1, -0.05) is 30.3 Å². The van der Waals surface area contributed by atoms with Gasteiger partial charge in [0.2, 0.25) is 11.8 Å². The largest absolute Gasteiger partial charge is 0.378 e. The van der Waals surface area contributed by atoms with E-state index in [1.54, 1.807) is 24.0 Å². The van der Waals surface area contributed by atoms with E-state index in [9.17, 15) is 9.59 Å². The number of morpholine rings is 1. The summed E-state index contributed by atoms with van der Waals surface area (Å²) in [6, 6.07) is 8.47. The zero-order chi connectivity index (χ0) is 15.2. The molecule has 0 aromatic heterocycles. The maximum Gasteiger partial charge on any atom is 0.245 e. The molecule has 2 atom stereocenters. The van der Waals surface area contributed by atoms with Crippen LogP contribution in [-0.2, 0) is 14.3 Å². The third kappa shape index (κ3) is 4.19. The maximum absolute atomic E-state index is 12.2. The lowest BCUT2D eigenvalue weighted by Gasteiger charge is -2.29. The van der Waals surface area contributed by atoms with E-state index in [-0.39, 0.29) is 11.8 Å². The molecule has 21 heavy (non-hydrogen) atoms. The highest BCUT2D eigenvalue weighted by molar-refractivity contribution is 6.30. The fraction of sp³-hybridized carbons (Fsp3) is 0.467. The molecule has 2 amide bonds. The van der Waals surface area contributed by atoms with Crippen LogP contribution in [0.3, 0.4) is 0 Å². The SMILES string of the molecule is CC(NC(=O)C(Cl)c1ccccc1)C(=O)N1CCOCC1. The molecule has 1 aromatic carbocycles. The molecule has 114 valence electrons. The Morgan fingerprint density at radius 2 is 1.86 bits per heavy atom. The van der Waals surface area contributed by atoms with Crippen molar-refractivity contribution in [2.75, 3.05) is 26.3 Å². The minimum Gasteiger partial charge on any atom is -0.378 e. The first kappa shape index (κ1) is 15.8. The van der Waals surface area contributed by atoms with E-state index >= 15 is 0 Å². The number of carbonyl (C=O) groups is 2. The molecule has 0 bridgehead atoms. The fourth-order valence-electron chi connectivity index (χ4n) is 2.18. The average Bonchev–Trinajstić information content (AvgIpc) is 2.55. The molecule has 1 fully saturated rings. The van der Waals surface area contributed by atoms with Gasteiger partial charge in [-0.2, -0.15) is 0 Å². The van der Waals surface area contributed by atoms with Crippen LogP contribution in [-0.4, -0.2) is 49.1 Å². The second kappa shape index (κ2) is 7.43. The highest BCUT2D eigenvalue weighted by Gasteiger charge is 2.26.